The van der Waals surface area contributed by atoms with Crippen molar-refractivity contribution in [3.63, 3.8) is 0 Å². The molecule has 0 spiro atoms. The minimum absolute atomic E-state index is 0. The second kappa shape index (κ2) is 50.3. The van der Waals surface area contributed by atoms with Gasteiger partial charge in [-0.2, -0.15) is 0 Å². The maximum absolute atomic E-state index is 13.9. The van der Waals surface area contributed by atoms with Crippen LogP contribution in [0.15, 0.2) is 143 Å². The summed E-state index contributed by atoms with van der Waals surface area (Å²) in [6, 6.07) is 19.6. The van der Waals surface area contributed by atoms with Crippen molar-refractivity contribution in [1.82, 2.24) is 0 Å². The Labute approximate surface area is 902 Å². The van der Waals surface area contributed by atoms with E-state index in [1.165, 1.54) is 107 Å². The molecule has 14 heteroatoms. The molecule has 0 saturated heterocycles. The van der Waals surface area contributed by atoms with Crippen LogP contribution in [0, 0.1) is 132 Å². The van der Waals surface area contributed by atoms with Crippen LogP contribution in [0.1, 0.15) is 412 Å². The van der Waals surface area contributed by atoms with Gasteiger partial charge in [-0.15, -0.1) is 0 Å². The maximum Gasteiger partial charge on any atom is 0.146 e. The third-order valence-corrected chi connectivity index (χ3v) is 41.8. The van der Waals surface area contributed by atoms with Crippen molar-refractivity contribution in [2.24, 2.45) is 132 Å². The Hall–Kier alpha value is -0.778. The van der Waals surface area contributed by atoms with Gasteiger partial charge in [-0.05, 0) is 399 Å². The molecule has 22 atom stereocenters. The number of fused-ring (bicyclic) bond motifs is 4. The molecule has 11 aliphatic rings. The molecule has 2 aromatic rings. The summed E-state index contributed by atoms with van der Waals surface area (Å²) < 4.78 is 13.9. The second-order valence-electron chi connectivity index (χ2n) is 52.5. The van der Waals surface area contributed by atoms with Crippen LogP contribution < -0.4 is 10.6 Å². The van der Waals surface area contributed by atoms with Gasteiger partial charge in [0.25, 0.3) is 0 Å². The van der Waals surface area contributed by atoms with E-state index >= 15 is 0 Å². The zero-order valence-electron chi connectivity index (χ0n) is 91.0. The first-order valence-corrected chi connectivity index (χ1v) is 55.4. The second-order valence-corrected chi connectivity index (χ2v) is 55.3. The minimum Gasteiger partial charge on any atom is -0.393 e. The molecule has 11 aliphatic carbocycles. The van der Waals surface area contributed by atoms with Gasteiger partial charge in [-0.1, -0.05) is 264 Å². The summed E-state index contributed by atoms with van der Waals surface area (Å²) in [7, 11) is -2.69. The van der Waals surface area contributed by atoms with Crippen molar-refractivity contribution < 1.29 is 148 Å². The Balaban J connectivity index is 0.000000260. The molecule has 2 aromatic carbocycles. The van der Waals surface area contributed by atoms with E-state index in [0.29, 0.717) is 112 Å². The Kier molecular flexibility index (Phi) is 45.8. The van der Waals surface area contributed by atoms with Crippen LogP contribution >= 0.6 is 7.14 Å². The smallest absolute Gasteiger partial charge is 0.146 e. The van der Waals surface area contributed by atoms with Crippen LogP contribution in [-0.2, 0) is 112 Å². The van der Waals surface area contributed by atoms with E-state index in [1.807, 2.05) is 116 Å². The van der Waals surface area contributed by atoms with E-state index < -0.39 is 29.5 Å². The Bertz CT molecular complexity index is 4050. The summed E-state index contributed by atoms with van der Waals surface area (Å²) in [5.41, 5.74) is 9.12. The third-order valence-electron chi connectivity index (χ3n) is 38.8. The normalized spacial score (nSPS) is 33.3. The summed E-state index contributed by atoms with van der Waals surface area (Å²) in [5.74, 6) is 9.63. The van der Waals surface area contributed by atoms with Gasteiger partial charge < -0.3 is 40.3 Å². The van der Waals surface area contributed by atoms with E-state index in [1.54, 1.807) is 11.1 Å². The van der Waals surface area contributed by atoms with Gasteiger partial charge in [0, 0.05) is 140 Å². The molecule has 11 fully saturated rings. The Morgan fingerprint density at radius 2 is 0.667 bits per heavy atom. The van der Waals surface area contributed by atoms with Gasteiger partial charge >= 0.3 is 0 Å². The van der Waals surface area contributed by atoms with Crippen molar-refractivity contribution in [2.75, 3.05) is 6.16 Å². The summed E-state index contributed by atoms with van der Waals surface area (Å²) in [4.78, 5) is 24.6. The van der Waals surface area contributed by atoms with Crippen LogP contribution in [0.4, 0.5) is 0 Å². The molecule has 0 bridgehead atoms. The summed E-state index contributed by atoms with van der Waals surface area (Å²) >= 11 is 0. The standard InChI is InChI=1S/2C30H50O2.C21H25O2P.2C20H36O2.3Y/c2*1-20-18-23(19-27(31)21(20)2)11-12-24-10-9-15-30(8)25(13-14-26(24)30)22(3)28(4,5)16-17-29(6,7)32;1-17-14-18(16-19(22)15-17)12-13-24(23,20-8-4-2-5-9-20)21-10-6-3-7-11-21;2*1-14(18(2,3)12-13-19(4,5)22)15-9-10-16-17(21)8-7-11-20(15,16)6;;;/h2*11-12,20,22,25-27,31-32H,2,9-10,13-19H2,1,3-8H3;2-12,17,19,22H,13-16H2,1H3;2*14-16,22H,7-13H2,1-6H3;;;/b2*23-11-,24-12+;18-12-;;;;;/t20-,22+,25?,26?,27-,30-;20-,22-,25?,26?,27-,30-;17-,19+;14-,15?,16+,20-;14-,15?,16-,20+;;;/m11110.../s1. The number of rotatable bonds is 26. The van der Waals surface area contributed by atoms with Crippen LogP contribution in [0.2, 0.25) is 0 Å². The average molecular weight is 2110 g/mol. The van der Waals surface area contributed by atoms with Gasteiger partial charge in [-0.3, -0.25) is 9.59 Å². The van der Waals surface area contributed by atoms with Gasteiger partial charge in [0.15, 0.2) is 0 Å². The van der Waals surface area contributed by atoms with Crippen LogP contribution in [0.5, 0.6) is 0 Å². The van der Waals surface area contributed by atoms with Crippen LogP contribution in [0.25, 0.3) is 0 Å². The predicted octanol–water partition coefficient (Wildman–Crippen LogP) is 29.3. The van der Waals surface area contributed by atoms with Crippen LogP contribution in [-0.4, -0.2) is 94.2 Å². The third kappa shape index (κ3) is 32.1. The van der Waals surface area contributed by atoms with E-state index in [9.17, 15) is 49.9 Å². The number of allylic oxidation sites excluding steroid dienone is 7. The SMILES string of the molecule is C=C1[C@H](C)C/C(=C/C=C2\CCC[C@@]3(C)C2CCC3[C@@H](C)C(C)(C)CCC(C)(C)O)C[C@H]1O.C=C1[C@H](C)C/C(=C/C=C2\CCC[C@@]3(C)C2CCC3[C@H](C)C(C)(C)CCC(C)(C)O)C[C@H]1O.C[C@@H](C1CC[C@H]2C(=O)CCC[C@]12C)C(C)(C)CCC(C)(C)O.C[C@@H]1C/C(=C/CP(=O)(c2ccccc2)c2ccccc2)C[C@@H](O)C1.C[C@H](C1CC[C@H]2C(=O)CCC[C@]12C)C(C)(C)CCC(C)(C)O.[Y].[Y].[Y]. The van der Waals surface area contributed by atoms with E-state index in [4.69, 9.17) is 0 Å². The van der Waals surface area contributed by atoms with Crippen molar-refractivity contribution >= 4 is 29.3 Å². The topological polar surface area (TPSA) is 193 Å². The Morgan fingerprint density at radius 1 is 0.385 bits per heavy atom. The van der Waals surface area contributed by atoms with Crippen molar-refractivity contribution in [3.8, 4) is 0 Å². The molecule has 0 aromatic heterocycles. The van der Waals surface area contributed by atoms with Gasteiger partial charge in [0.05, 0.1) is 40.7 Å². The molecule has 0 amide bonds. The zero-order chi connectivity index (χ0) is 98.3. The van der Waals surface area contributed by atoms with E-state index in [2.05, 4.69) is 175 Å². The molecule has 135 heavy (non-hydrogen) atoms. The molecule has 0 heterocycles. The first kappa shape index (κ1) is 123. The molecular weight excluding hydrogens is 1910 g/mol. The van der Waals surface area contributed by atoms with Gasteiger partial charge in [0.1, 0.15) is 18.7 Å². The van der Waals surface area contributed by atoms with Gasteiger partial charge in [-0.25, -0.2) is 0 Å². The van der Waals surface area contributed by atoms with Crippen LogP contribution in [0.3, 0.4) is 0 Å². The zero-order valence-corrected chi connectivity index (χ0v) is 100. The number of carbonyl (C=O) groups is 2. The monoisotopic (exact) mass is 2110 g/mol. The summed E-state index contributed by atoms with van der Waals surface area (Å²) in [6.07, 6.45) is 49.0. The first-order valence-electron chi connectivity index (χ1n) is 53.5. The minimum atomic E-state index is -2.69. The number of aliphatic hydroxyl groups excluding tert-OH is 3. The molecule has 13 rings (SSSR count). The average Bonchev–Trinajstić information content (AvgIpc) is 1.61. The largest absolute Gasteiger partial charge is 0.393 e. The molecule has 755 valence electrons. The number of hydrogen-bond donors (Lipinski definition) is 7. The van der Waals surface area contributed by atoms with Gasteiger partial charge in [0.2, 0.25) is 0 Å². The molecule has 10 nitrogen and oxygen atoms in total. The van der Waals surface area contributed by atoms with E-state index in [-0.39, 0.29) is 149 Å². The number of aliphatic hydroxyl groups is 7. The number of ketones is 2. The number of hydrogen-bond acceptors (Lipinski definition) is 10. The number of Topliss-reactive ketones (excluding diaryl/α,β-unsaturated/α-hetero) is 2. The van der Waals surface area contributed by atoms with Crippen molar-refractivity contribution in [1.29, 1.82) is 0 Å². The fourth-order valence-corrected chi connectivity index (χ4v) is 30.9. The van der Waals surface area contributed by atoms with Crippen molar-refractivity contribution in [3.05, 3.63) is 143 Å². The fourth-order valence-electron chi connectivity index (χ4n) is 28.3. The number of benzene rings is 2. The summed E-state index contributed by atoms with van der Waals surface area (Å²) in [5, 5.41) is 73.2. The Morgan fingerprint density at radius 3 is 0.948 bits per heavy atom. The molecule has 7 N–H and O–H groups in total. The molecule has 11 saturated carbocycles. The van der Waals surface area contributed by atoms with Crippen molar-refractivity contribution in [2.45, 2.75) is 452 Å². The fraction of sp³-hybridized carbons (Fsp3) is 0.769. The quantitative estimate of drug-likeness (QED) is 0.0352. The number of carbonyl (C=O) groups excluding carboxylic acids is 2. The summed E-state index contributed by atoms with van der Waals surface area (Å²) in [6.45, 7) is 68.9. The molecular formula is C121H197O10PY3. The maximum atomic E-state index is 13.9. The molecule has 0 aliphatic heterocycles. The first-order chi connectivity index (χ1) is 61.0. The van der Waals surface area contributed by atoms with E-state index in [0.717, 1.165) is 162 Å². The molecule has 6 unspecified atom stereocenters. The molecule has 3 radical (unpaired) electrons. The predicted molar refractivity (Wildman–Crippen MR) is 558 cm³/mol.